The zero-order chi connectivity index (χ0) is 36.8. The molecule has 4 aromatic rings. The van der Waals surface area contributed by atoms with Gasteiger partial charge < -0.3 is 5.11 Å². The zero-order valence-electron chi connectivity index (χ0n) is 32.0. The van der Waals surface area contributed by atoms with Crippen molar-refractivity contribution in [1.82, 2.24) is 0 Å². The highest BCUT2D eigenvalue weighted by Gasteiger charge is 2.38. The molecule has 2 aliphatic rings. The topological polar surface area (TPSA) is 54.4 Å². The molecule has 0 aliphatic heterocycles. The second kappa shape index (κ2) is 13.5. The fourth-order valence-corrected chi connectivity index (χ4v) is 7.79. The molecule has 3 nitrogen and oxygen atoms in total. The summed E-state index contributed by atoms with van der Waals surface area (Å²) in [6, 6.07) is 26.2. The lowest BCUT2D eigenvalue weighted by Crippen LogP contribution is -2.34. The van der Waals surface area contributed by atoms with Gasteiger partial charge >= 0.3 is 5.97 Å². The Labute approximate surface area is 300 Å². The van der Waals surface area contributed by atoms with Gasteiger partial charge in [0, 0.05) is 12.0 Å². The van der Waals surface area contributed by atoms with Crippen molar-refractivity contribution in [2.45, 2.75) is 123 Å². The van der Waals surface area contributed by atoms with Gasteiger partial charge in [0.25, 0.3) is 0 Å². The summed E-state index contributed by atoms with van der Waals surface area (Å²) in [4.78, 5) is 23.7. The van der Waals surface area contributed by atoms with Crippen LogP contribution in [0.4, 0.5) is 0 Å². The molecule has 0 heterocycles. The smallest absolute Gasteiger partial charge is 0.335 e. The number of hydrogen-bond donors (Lipinski definition) is 1. The van der Waals surface area contributed by atoms with Gasteiger partial charge in [-0.15, -0.1) is 0 Å². The van der Waals surface area contributed by atoms with Crippen LogP contribution < -0.4 is 0 Å². The Morgan fingerprint density at radius 3 is 1.54 bits per heavy atom. The van der Waals surface area contributed by atoms with Crippen LogP contribution >= 0.6 is 0 Å². The molecule has 1 N–H and O–H groups in total. The summed E-state index contributed by atoms with van der Waals surface area (Å²) in [5.41, 5.74) is 14.2. The third kappa shape index (κ3) is 7.58. The number of Topliss-reactive ketones (excluding diaryl/α,β-unsaturated/α-hetero) is 1. The number of benzene rings is 4. The van der Waals surface area contributed by atoms with E-state index in [1.807, 2.05) is 43.3 Å². The molecule has 262 valence electrons. The molecule has 0 saturated carbocycles. The molecule has 0 atom stereocenters. The van der Waals surface area contributed by atoms with Gasteiger partial charge in [-0.05, 0) is 123 Å². The first-order valence-corrected chi connectivity index (χ1v) is 18.1. The number of fused-ring (bicyclic) bond motifs is 2. The number of carbonyl (C=O) groups excluding carboxylic acids is 1. The monoisotopic (exact) mass is 668 g/mol. The van der Waals surface area contributed by atoms with Crippen LogP contribution in [0.2, 0.25) is 0 Å². The van der Waals surface area contributed by atoms with Gasteiger partial charge in [0.15, 0.2) is 5.78 Å². The molecule has 0 radical (unpaired) electrons. The van der Waals surface area contributed by atoms with Crippen molar-refractivity contribution in [1.29, 1.82) is 0 Å². The minimum absolute atomic E-state index is 0.154. The van der Waals surface area contributed by atoms with Gasteiger partial charge in [-0.3, -0.25) is 4.79 Å². The van der Waals surface area contributed by atoms with Crippen LogP contribution in [0.25, 0.3) is 5.57 Å². The van der Waals surface area contributed by atoms with Crippen molar-refractivity contribution in [3.05, 3.63) is 147 Å². The third-order valence-electron chi connectivity index (χ3n) is 11.7. The van der Waals surface area contributed by atoms with Crippen molar-refractivity contribution in [3.8, 4) is 0 Å². The van der Waals surface area contributed by atoms with Crippen molar-refractivity contribution >= 4 is 17.3 Å². The molecule has 0 bridgehead atoms. The molecule has 0 amide bonds. The first-order chi connectivity index (χ1) is 23.2. The molecular formula is C47H56O3. The molecule has 50 heavy (non-hydrogen) atoms. The molecule has 4 aromatic carbocycles. The van der Waals surface area contributed by atoms with Crippen LogP contribution in [0.5, 0.6) is 0 Å². The third-order valence-corrected chi connectivity index (χ3v) is 11.7. The van der Waals surface area contributed by atoms with E-state index in [0.717, 1.165) is 27.8 Å². The van der Waals surface area contributed by atoms with E-state index in [0.29, 0.717) is 12.0 Å². The van der Waals surface area contributed by atoms with E-state index in [2.05, 4.69) is 99.2 Å². The van der Waals surface area contributed by atoms with Crippen molar-refractivity contribution in [2.75, 3.05) is 0 Å². The number of aryl methyl sites for hydroxylation is 2. The Bertz CT molecular complexity index is 1930. The second-order valence-electron chi connectivity index (χ2n) is 17.5. The predicted molar refractivity (Wildman–Crippen MR) is 209 cm³/mol. The number of rotatable bonds is 6. The Morgan fingerprint density at radius 2 is 1.02 bits per heavy atom. The fourth-order valence-electron chi connectivity index (χ4n) is 7.79. The van der Waals surface area contributed by atoms with Crippen LogP contribution in [0.15, 0.2) is 85.4 Å². The molecule has 0 unspecified atom stereocenters. The zero-order valence-corrected chi connectivity index (χ0v) is 32.0. The number of carbonyl (C=O) groups is 2. The molecule has 0 saturated heterocycles. The van der Waals surface area contributed by atoms with Crippen molar-refractivity contribution in [3.63, 3.8) is 0 Å². The second-order valence-corrected chi connectivity index (χ2v) is 17.5. The van der Waals surface area contributed by atoms with Gasteiger partial charge in [0.1, 0.15) is 0 Å². The minimum Gasteiger partial charge on any atom is -0.478 e. The molecular weight excluding hydrogens is 613 g/mol. The maximum Gasteiger partial charge on any atom is 0.335 e. The fraction of sp³-hybridized carbons (Fsp3) is 0.404. The number of aromatic carboxylic acids is 1. The van der Waals surface area contributed by atoms with Gasteiger partial charge in [-0.1, -0.05) is 134 Å². The highest BCUT2D eigenvalue weighted by molar-refractivity contribution is 5.97. The Balaban J connectivity index is 0.000000195. The van der Waals surface area contributed by atoms with E-state index < -0.39 is 5.97 Å². The molecule has 0 spiro atoms. The van der Waals surface area contributed by atoms with E-state index in [4.69, 9.17) is 5.11 Å². The predicted octanol–water partition coefficient (Wildman–Crippen LogP) is 11.9. The lowest BCUT2D eigenvalue weighted by Gasteiger charge is -2.42. The Morgan fingerprint density at radius 1 is 0.580 bits per heavy atom. The van der Waals surface area contributed by atoms with E-state index in [-0.39, 0.29) is 27.4 Å². The summed E-state index contributed by atoms with van der Waals surface area (Å²) < 4.78 is 0. The van der Waals surface area contributed by atoms with Gasteiger partial charge in [0.05, 0.1) is 5.56 Å². The van der Waals surface area contributed by atoms with Crippen molar-refractivity contribution in [2.24, 2.45) is 0 Å². The SMILES string of the molecule is C=C(c1ccc(C(=O)O)cc1)c1cc2c(cc1C)C(C)(C)CCC2(C)C.Cc1ccc(C(=O)Cc2ccc3c(c2)C(C)(C)CCC3(C)C)cc1. The normalized spacial score (nSPS) is 17.7. The van der Waals surface area contributed by atoms with E-state index in [1.165, 1.54) is 59.1 Å². The van der Waals surface area contributed by atoms with Crippen LogP contribution in [0.1, 0.15) is 152 Å². The molecule has 0 aromatic heterocycles. The maximum atomic E-state index is 12.6. The summed E-state index contributed by atoms with van der Waals surface area (Å²) in [7, 11) is 0. The number of carboxylic acid groups (broad SMARTS) is 1. The van der Waals surface area contributed by atoms with Crippen LogP contribution in [-0.4, -0.2) is 16.9 Å². The molecule has 2 aliphatic carbocycles. The number of ketones is 1. The summed E-state index contributed by atoms with van der Waals surface area (Å²) in [5.74, 6) is -0.709. The average molecular weight is 669 g/mol. The highest BCUT2D eigenvalue weighted by Crippen LogP contribution is 2.48. The van der Waals surface area contributed by atoms with E-state index >= 15 is 0 Å². The lowest BCUT2D eigenvalue weighted by atomic mass is 9.62. The minimum atomic E-state index is -0.906. The van der Waals surface area contributed by atoms with Crippen LogP contribution in [-0.2, 0) is 28.1 Å². The van der Waals surface area contributed by atoms with E-state index in [9.17, 15) is 9.59 Å². The quantitative estimate of drug-likeness (QED) is 0.208. The van der Waals surface area contributed by atoms with Gasteiger partial charge in [0.2, 0.25) is 0 Å². The summed E-state index contributed by atoms with van der Waals surface area (Å²) in [5, 5.41) is 9.09. The molecule has 6 rings (SSSR count). The van der Waals surface area contributed by atoms with Gasteiger partial charge in [-0.2, -0.15) is 0 Å². The lowest BCUT2D eigenvalue weighted by molar-refractivity contribution is 0.0696. The van der Waals surface area contributed by atoms with E-state index in [1.54, 1.807) is 12.1 Å². The standard InChI is InChI=1S/C24H28O2.C23H28O/c1-15-13-20-21(24(5,6)12-11-23(20,3)4)14-19(15)16(2)17-7-9-18(10-8-17)22(25)26;1-16-6-9-18(10-7-16)21(24)15-17-8-11-19-20(14-17)23(4,5)13-12-22(19,2)3/h7-10,13-14H,2,11-12H2,1,3-6H3,(H,25,26);6-11,14H,12-13,15H2,1-5H3. The Hall–Kier alpha value is -4.24. The summed E-state index contributed by atoms with van der Waals surface area (Å²) >= 11 is 0. The first-order valence-electron chi connectivity index (χ1n) is 18.1. The molecule has 0 fully saturated rings. The first kappa shape index (κ1) is 37.0. The summed E-state index contributed by atoms with van der Waals surface area (Å²) in [6.45, 7) is 27.1. The number of hydrogen-bond acceptors (Lipinski definition) is 2. The van der Waals surface area contributed by atoms with Crippen LogP contribution in [0.3, 0.4) is 0 Å². The number of carboxylic acids is 1. The Kier molecular flexibility index (Phi) is 9.98. The van der Waals surface area contributed by atoms with Crippen LogP contribution in [0, 0.1) is 13.8 Å². The maximum absolute atomic E-state index is 12.6. The van der Waals surface area contributed by atoms with Gasteiger partial charge in [-0.25, -0.2) is 4.79 Å². The largest absolute Gasteiger partial charge is 0.478 e. The van der Waals surface area contributed by atoms with Crippen molar-refractivity contribution < 1.29 is 14.7 Å². The average Bonchev–Trinajstić information content (AvgIpc) is 3.05. The summed E-state index contributed by atoms with van der Waals surface area (Å²) in [6.07, 6.45) is 5.27. The highest BCUT2D eigenvalue weighted by atomic mass is 16.4. The molecule has 3 heteroatoms.